The summed E-state index contributed by atoms with van der Waals surface area (Å²) in [5.74, 6) is -0.647. The first kappa shape index (κ1) is 25.6. The molecule has 1 amide bonds. The van der Waals surface area contributed by atoms with Gasteiger partial charge in [-0.05, 0) is 46.7 Å². The van der Waals surface area contributed by atoms with Crippen LogP contribution in [-0.2, 0) is 25.3 Å². The number of nitrogens with one attached hydrogen (secondary N) is 2. The molecule has 2 N–H and O–H groups in total. The van der Waals surface area contributed by atoms with Crippen molar-refractivity contribution < 1.29 is 18.0 Å². The van der Waals surface area contributed by atoms with Crippen molar-refractivity contribution in [3.8, 4) is 0 Å². The third-order valence-corrected chi connectivity index (χ3v) is 9.67. The topological polar surface area (TPSA) is 108 Å². The molecule has 0 bridgehead atoms. The van der Waals surface area contributed by atoms with Crippen molar-refractivity contribution in [2.24, 2.45) is 0 Å². The number of thioether (sulfide) groups is 1. The highest BCUT2D eigenvalue weighted by atomic mass is 35.5. The minimum Gasteiger partial charge on any atom is -0.339 e. The van der Waals surface area contributed by atoms with E-state index in [2.05, 4.69) is 15.0 Å². The average Bonchev–Trinajstić information content (AvgIpc) is 3.37. The maximum atomic E-state index is 13.4. The van der Waals surface area contributed by atoms with E-state index in [1.165, 1.54) is 24.5 Å². The fourth-order valence-electron chi connectivity index (χ4n) is 3.70. The molecule has 2 unspecified atom stereocenters. The molecule has 2 aromatic heterocycles. The van der Waals surface area contributed by atoms with Crippen LogP contribution in [0, 0.1) is 0 Å². The monoisotopic (exact) mass is 550 g/mol. The van der Waals surface area contributed by atoms with Crippen molar-refractivity contribution in [2.45, 2.75) is 29.0 Å². The lowest BCUT2D eigenvalue weighted by Gasteiger charge is -2.39. The van der Waals surface area contributed by atoms with Gasteiger partial charge in [-0.1, -0.05) is 36.7 Å². The second kappa shape index (κ2) is 10.3. The van der Waals surface area contributed by atoms with E-state index in [-0.39, 0.29) is 24.6 Å². The first-order valence-electron chi connectivity index (χ1n) is 10.7. The highest BCUT2D eigenvalue weighted by molar-refractivity contribution is 8.01. The maximum Gasteiger partial charge on any atom is 0.302 e. The van der Waals surface area contributed by atoms with Crippen molar-refractivity contribution in [2.75, 3.05) is 18.3 Å². The number of nitrogens with zero attached hydrogens (tertiary/aromatic N) is 2. The highest BCUT2D eigenvalue weighted by Gasteiger charge is 2.48. The summed E-state index contributed by atoms with van der Waals surface area (Å²) in [6.07, 6.45) is -0.0460. The summed E-state index contributed by atoms with van der Waals surface area (Å²) in [5.41, 5.74) is -0.175. The van der Waals surface area contributed by atoms with Crippen molar-refractivity contribution >= 4 is 62.4 Å². The van der Waals surface area contributed by atoms with Crippen molar-refractivity contribution in [3.63, 3.8) is 0 Å². The normalized spacial score (nSPS) is 20.6. The van der Waals surface area contributed by atoms with Crippen LogP contribution in [0.1, 0.15) is 24.6 Å². The Kier molecular flexibility index (Phi) is 7.53. The third-order valence-electron chi connectivity index (χ3n) is 5.68. The van der Waals surface area contributed by atoms with E-state index in [1.54, 1.807) is 43.3 Å². The van der Waals surface area contributed by atoms with Crippen LogP contribution < -0.4 is 10.0 Å². The fourth-order valence-corrected chi connectivity index (χ4v) is 6.55. The van der Waals surface area contributed by atoms with Gasteiger partial charge in [-0.2, -0.15) is 24.1 Å². The third kappa shape index (κ3) is 5.24. The molecule has 1 saturated heterocycles. The number of piperidine rings is 1. The first-order chi connectivity index (χ1) is 16.7. The summed E-state index contributed by atoms with van der Waals surface area (Å²) in [6, 6.07) is 13.7. The van der Waals surface area contributed by atoms with Crippen LogP contribution in [0.2, 0.25) is 5.02 Å². The van der Waals surface area contributed by atoms with Gasteiger partial charge in [0.1, 0.15) is 16.6 Å². The Balaban J connectivity index is 1.70. The van der Waals surface area contributed by atoms with Gasteiger partial charge < -0.3 is 5.32 Å². The molecule has 184 valence electrons. The minimum absolute atomic E-state index is 0.0460. The number of carbonyl (C=O) groups excluding carboxylic acids is 2. The quantitative estimate of drug-likeness (QED) is 0.412. The molecule has 0 saturated carbocycles. The zero-order valence-electron chi connectivity index (χ0n) is 18.9. The molecule has 1 fully saturated rings. The van der Waals surface area contributed by atoms with Crippen LogP contribution in [0.4, 0.5) is 5.82 Å². The van der Waals surface area contributed by atoms with E-state index in [1.807, 2.05) is 16.8 Å². The number of Topliss-reactive ketones (excluding diaryl/α,β-unsaturated/α-hetero) is 1. The van der Waals surface area contributed by atoms with E-state index < -0.39 is 26.9 Å². The lowest BCUT2D eigenvalue weighted by atomic mass is 9.79. The first-order valence-corrected chi connectivity index (χ1v) is 14.3. The standard InChI is InChI=1S/C23H23ClN4O4S3/c1-3-28(2)35(31,32)27-20-10-6-9-19(25-20)23(15-11-12-33-14-15)13-17(29)21(22(30)26-23)34-18-8-5-4-7-16(18)24/h4-12,14,21H,3,13H2,1-2H3,(H,25,27)(H,26,30). The predicted molar refractivity (Wildman–Crippen MR) is 139 cm³/mol. The lowest BCUT2D eigenvalue weighted by Crippen LogP contribution is -2.58. The molecule has 3 heterocycles. The summed E-state index contributed by atoms with van der Waals surface area (Å²) >= 11 is 8.78. The van der Waals surface area contributed by atoms with Gasteiger partial charge in [-0.15, -0.1) is 11.8 Å². The Morgan fingerprint density at radius 2 is 2.00 bits per heavy atom. The molecule has 2 atom stereocenters. The summed E-state index contributed by atoms with van der Waals surface area (Å²) in [7, 11) is -2.35. The smallest absolute Gasteiger partial charge is 0.302 e. The highest BCUT2D eigenvalue weighted by Crippen LogP contribution is 2.41. The van der Waals surface area contributed by atoms with Gasteiger partial charge in [0.05, 0.1) is 10.7 Å². The van der Waals surface area contributed by atoms with E-state index in [0.29, 0.717) is 21.2 Å². The van der Waals surface area contributed by atoms with Crippen molar-refractivity contribution in [1.29, 1.82) is 0 Å². The van der Waals surface area contributed by atoms with Gasteiger partial charge >= 0.3 is 10.2 Å². The molecule has 0 aliphatic carbocycles. The molecule has 0 radical (unpaired) electrons. The molecule has 12 heteroatoms. The van der Waals surface area contributed by atoms with Crippen LogP contribution in [0.25, 0.3) is 0 Å². The molecule has 0 spiro atoms. The van der Waals surface area contributed by atoms with Gasteiger partial charge in [0.15, 0.2) is 5.78 Å². The van der Waals surface area contributed by atoms with Gasteiger partial charge in [0.2, 0.25) is 5.91 Å². The van der Waals surface area contributed by atoms with Crippen LogP contribution in [0.3, 0.4) is 0 Å². The average molecular weight is 551 g/mol. The minimum atomic E-state index is -3.80. The SMILES string of the molecule is CCN(C)S(=O)(=O)Nc1cccc(C2(c3ccsc3)CC(=O)C(Sc3ccccc3Cl)C(=O)N2)n1. The molecule has 1 aliphatic heterocycles. The Morgan fingerprint density at radius 1 is 1.23 bits per heavy atom. The number of halogens is 1. The number of carbonyl (C=O) groups is 2. The maximum absolute atomic E-state index is 13.4. The van der Waals surface area contributed by atoms with E-state index in [0.717, 1.165) is 16.1 Å². The van der Waals surface area contributed by atoms with Crippen LogP contribution in [0.5, 0.6) is 0 Å². The summed E-state index contributed by atoms with van der Waals surface area (Å²) in [5, 5.41) is 6.21. The Bertz CT molecular complexity index is 1330. The predicted octanol–water partition coefficient (Wildman–Crippen LogP) is 3.90. The molecular formula is C23H23ClN4O4S3. The van der Waals surface area contributed by atoms with Gasteiger partial charge in [-0.3, -0.25) is 14.3 Å². The number of hydrogen-bond donors (Lipinski definition) is 2. The number of hydrogen-bond acceptors (Lipinski definition) is 7. The number of rotatable bonds is 8. The second-order valence-electron chi connectivity index (χ2n) is 7.91. The van der Waals surface area contributed by atoms with Crippen molar-refractivity contribution in [3.05, 3.63) is 75.6 Å². The van der Waals surface area contributed by atoms with Crippen LogP contribution in [-0.4, -0.2) is 48.2 Å². The van der Waals surface area contributed by atoms with Crippen LogP contribution >= 0.6 is 34.7 Å². The summed E-state index contributed by atoms with van der Waals surface area (Å²) < 4.78 is 28.6. The fraction of sp³-hybridized carbons (Fsp3) is 0.261. The molecule has 4 rings (SSSR count). The summed E-state index contributed by atoms with van der Waals surface area (Å²) in [6.45, 7) is 2.00. The molecule has 1 aromatic carbocycles. The number of aromatic nitrogens is 1. The van der Waals surface area contributed by atoms with Gasteiger partial charge in [-0.25, -0.2) is 4.98 Å². The Hall–Kier alpha value is -2.44. The summed E-state index contributed by atoms with van der Waals surface area (Å²) in [4.78, 5) is 31.8. The van der Waals surface area contributed by atoms with Gasteiger partial charge in [0.25, 0.3) is 0 Å². The Morgan fingerprint density at radius 3 is 2.66 bits per heavy atom. The zero-order chi connectivity index (χ0) is 25.2. The van der Waals surface area contributed by atoms with E-state index in [9.17, 15) is 18.0 Å². The number of thiophene rings is 1. The van der Waals surface area contributed by atoms with Crippen molar-refractivity contribution in [1.82, 2.24) is 14.6 Å². The number of amides is 1. The lowest BCUT2D eigenvalue weighted by molar-refractivity contribution is -0.133. The van der Waals surface area contributed by atoms with E-state index in [4.69, 9.17) is 11.6 Å². The molecule has 8 nitrogen and oxygen atoms in total. The number of benzene rings is 1. The second-order valence-corrected chi connectivity index (χ2v) is 12.0. The molecule has 3 aromatic rings. The van der Waals surface area contributed by atoms with Gasteiger partial charge in [0, 0.05) is 24.9 Å². The number of ketones is 1. The van der Waals surface area contributed by atoms with E-state index >= 15 is 0 Å². The Labute approximate surface area is 217 Å². The molecule has 35 heavy (non-hydrogen) atoms. The number of pyridine rings is 1. The number of anilines is 1. The molecule has 1 aliphatic rings. The zero-order valence-corrected chi connectivity index (χ0v) is 22.1. The van der Waals surface area contributed by atoms with Crippen LogP contribution in [0.15, 0.2) is 64.2 Å². The molecular weight excluding hydrogens is 528 g/mol. The largest absolute Gasteiger partial charge is 0.339 e.